The van der Waals surface area contributed by atoms with Crippen LogP contribution in [-0.2, 0) is 0 Å². The lowest BCUT2D eigenvalue weighted by Crippen LogP contribution is -2.17. The topological polar surface area (TPSA) is 63.6 Å². The van der Waals surface area contributed by atoms with Crippen molar-refractivity contribution in [3.05, 3.63) is 59.9 Å². The Kier molecular flexibility index (Phi) is 6.29. The van der Waals surface area contributed by atoms with Crippen molar-refractivity contribution < 1.29 is 9.53 Å². The van der Waals surface area contributed by atoms with E-state index in [-0.39, 0.29) is 5.91 Å². The number of ether oxygens (including phenoxy) is 1. The summed E-state index contributed by atoms with van der Waals surface area (Å²) in [5, 5.41) is 3.93. The van der Waals surface area contributed by atoms with E-state index in [1.807, 2.05) is 0 Å². The standard InChI is InChI=1S/C18H21N3O2/c1-14(2)9-12-23-17-5-3-16(4-6-17)18(22)21-20-13-15-7-10-19-11-8-15/h3-8,10-11,13-14H,9,12H2,1-2H3,(H,21,22)/b20-13-. The van der Waals surface area contributed by atoms with E-state index in [4.69, 9.17) is 4.74 Å². The largest absolute Gasteiger partial charge is 0.494 e. The fourth-order valence-electron chi connectivity index (χ4n) is 1.79. The smallest absolute Gasteiger partial charge is 0.271 e. The molecule has 1 N–H and O–H groups in total. The predicted molar refractivity (Wildman–Crippen MR) is 90.7 cm³/mol. The van der Waals surface area contributed by atoms with E-state index in [0.29, 0.717) is 18.1 Å². The number of hydrazone groups is 1. The van der Waals surface area contributed by atoms with Crippen LogP contribution in [0, 0.1) is 5.92 Å². The molecule has 0 unspecified atom stereocenters. The number of nitrogens with one attached hydrogen (secondary N) is 1. The lowest BCUT2D eigenvalue weighted by atomic mass is 10.1. The molecule has 0 radical (unpaired) electrons. The van der Waals surface area contributed by atoms with Gasteiger partial charge in [0.05, 0.1) is 12.8 Å². The molecule has 2 rings (SSSR count). The molecule has 0 spiro atoms. The zero-order chi connectivity index (χ0) is 16.5. The van der Waals surface area contributed by atoms with Gasteiger partial charge in [-0.05, 0) is 54.3 Å². The van der Waals surface area contributed by atoms with Crippen LogP contribution in [0.4, 0.5) is 0 Å². The van der Waals surface area contributed by atoms with Gasteiger partial charge < -0.3 is 4.74 Å². The highest BCUT2D eigenvalue weighted by atomic mass is 16.5. The molecular weight excluding hydrogens is 290 g/mol. The molecule has 1 heterocycles. The molecule has 1 aromatic carbocycles. The number of aromatic nitrogens is 1. The summed E-state index contributed by atoms with van der Waals surface area (Å²) in [5.41, 5.74) is 3.90. The second-order valence-electron chi connectivity index (χ2n) is 5.54. The van der Waals surface area contributed by atoms with Crippen molar-refractivity contribution in [1.82, 2.24) is 10.4 Å². The van der Waals surface area contributed by atoms with Crippen molar-refractivity contribution in [3.63, 3.8) is 0 Å². The summed E-state index contributed by atoms with van der Waals surface area (Å²) in [6.07, 6.45) is 5.91. The van der Waals surface area contributed by atoms with Crippen molar-refractivity contribution in [3.8, 4) is 5.75 Å². The number of carbonyl (C=O) groups is 1. The highest BCUT2D eigenvalue weighted by Crippen LogP contribution is 2.13. The zero-order valence-corrected chi connectivity index (χ0v) is 13.4. The SMILES string of the molecule is CC(C)CCOc1ccc(C(=O)N/N=C\c2ccncc2)cc1. The summed E-state index contributed by atoms with van der Waals surface area (Å²) in [5.74, 6) is 1.12. The summed E-state index contributed by atoms with van der Waals surface area (Å²) < 4.78 is 5.62. The minimum Gasteiger partial charge on any atom is -0.494 e. The molecule has 0 fully saturated rings. The number of hydrogen-bond donors (Lipinski definition) is 1. The maximum absolute atomic E-state index is 12.0. The Morgan fingerprint density at radius 3 is 2.57 bits per heavy atom. The lowest BCUT2D eigenvalue weighted by Gasteiger charge is -2.08. The van der Waals surface area contributed by atoms with Gasteiger partial charge in [0, 0.05) is 18.0 Å². The van der Waals surface area contributed by atoms with Crippen molar-refractivity contribution in [1.29, 1.82) is 0 Å². The number of benzene rings is 1. The van der Waals surface area contributed by atoms with Crippen LogP contribution in [-0.4, -0.2) is 23.7 Å². The molecule has 0 aliphatic rings. The van der Waals surface area contributed by atoms with E-state index in [1.54, 1.807) is 55.0 Å². The summed E-state index contributed by atoms with van der Waals surface area (Å²) in [7, 11) is 0. The molecule has 0 aliphatic heterocycles. The molecule has 0 saturated heterocycles. The number of nitrogens with zero attached hydrogens (tertiary/aromatic N) is 2. The van der Waals surface area contributed by atoms with Crippen LogP contribution in [0.1, 0.15) is 36.2 Å². The number of pyridine rings is 1. The Labute approximate surface area is 136 Å². The van der Waals surface area contributed by atoms with Gasteiger partial charge in [0.1, 0.15) is 5.75 Å². The van der Waals surface area contributed by atoms with Gasteiger partial charge in [0.15, 0.2) is 0 Å². The van der Waals surface area contributed by atoms with E-state index >= 15 is 0 Å². The second kappa shape index (κ2) is 8.68. The van der Waals surface area contributed by atoms with Crippen LogP contribution in [0.25, 0.3) is 0 Å². The summed E-state index contributed by atoms with van der Waals surface area (Å²) in [4.78, 5) is 15.9. The van der Waals surface area contributed by atoms with E-state index in [0.717, 1.165) is 17.7 Å². The molecule has 5 nitrogen and oxygen atoms in total. The summed E-state index contributed by atoms with van der Waals surface area (Å²) in [6.45, 7) is 4.99. The first-order chi connectivity index (χ1) is 11.1. The minimum atomic E-state index is -0.260. The third-order valence-corrected chi connectivity index (χ3v) is 3.17. The molecule has 120 valence electrons. The van der Waals surface area contributed by atoms with Crippen molar-refractivity contribution in [2.45, 2.75) is 20.3 Å². The van der Waals surface area contributed by atoms with Gasteiger partial charge in [0.2, 0.25) is 0 Å². The van der Waals surface area contributed by atoms with Crippen molar-refractivity contribution in [2.75, 3.05) is 6.61 Å². The maximum atomic E-state index is 12.0. The maximum Gasteiger partial charge on any atom is 0.271 e. The molecular formula is C18H21N3O2. The van der Waals surface area contributed by atoms with Crippen LogP contribution in [0.5, 0.6) is 5.75 Å². The van der Waals surface area contributed by atoms with Gasteiger partial charge in [-0.2, -0.15) is 5.10 Å². The van der Waals surface area contributed by atoms with Crippen LogP contribution < -0.4 is 10.2 Å². The molecule has 1 amide bonds. The van der Waals surface area contributed by atoms with Gasteiger partial charge in [-0.3, -0.25) is 9.78 Å². The first-order valence-electron chi connectivity index (χ1n) is 7.61. The van der Waals surface area contributed by atoms with Gasteiger partial charge in [0.25, 0.3) is 5.91 Å². The number of amides is 1. The van der Waals surface area contributed by atoms with Crippen molar-refractivity contribution >= 4 is 12.1 Å². The molecule has 0 bridgehead atoms. The highest BCUT2D eigenvalue weighted by Gasteiger charge is 2.04. The third kappa shape index (κ3) is 5.90. The third-order valence-electron chi connectivity index (χ3n) is 3.17. The van der Waals surface area contributed by atoms with Crippen LogP contribution in [0.3, 0.4) is 0 Å². The van der Waals surface area contributed by atoms with Crippen LogP contribution in [0.2, 0.25) is 0 Å². The first kappa shape index (κ1) is 16.7. The zero-order valence-electron chi connectivity index (χ0n) is 13.4. The van der Waals surface area contributed by atoms with Gasteiger partial charge in [-0.15, -0.1) is 0 Å². The van der Waals surface area contributed by atoms with E-state index in [9.17, 15) is 4.79 Å². The normalized spacial score (nSPS) is 10.9. The van der Waals surface area contributed by atoms with Gasteiger partial charge in [-0.25, -0.2) is 5.43 Å². The predicted octanol–water partition coefficient (Wildman–Crippen LogP) is 3.27. The Hall–Kier alpha value is -2.69. The Morgan fingerprint density at radius 2 is 1.91 bits per heavy atom. The van der Waals surface area contributed by atoms with E-state index in [2.05, 4.69) is 29.4 Å². The number of carbonyl (C=O) groups excluding carboxylic acids is 1. The average molecular weight is 311 g/mol. The quantitative estimate of drug-likeness (QED) is 0.630. The first-order valence-corrected chi connectivity index (χ1v) is 7.61. The van der Waals surface area contributed by atoms with Crippen molar-refractivity contribution in [2.24, 2.45) is 11.0 Å². The van der Waals surface area contributed by atoms with Crippen LogP contribution >= 0.6 is 0 Å². The Bertz CT molecular complexity index is 637. The van der Waals surface area contributed by atoms with Crippen LogP contribution in [0.15, 0.2) is 53.9 Å². The monoisotopic (exact) mass is 311 g/mol. The summed E-state index contributed by atoms with van der Waals surface area (Å²) >= 11 is 0. The molecule has 23 heavy (non-hydrogen) atoms. The average Bonchev–Trinajstić information content (AvgIpc) is 2.56. The van der Waals surface area contributed by atoms with E-state index in [1.165, 1.54) is 0 Å². The minimum absolute atomic E-state index is 0.260. The second-order valence-corrected chi connectivity index (χ2v) is 5.54. The molecule has 5 heteroatoms. The molecule has 1 aromatic heterocycles. The Balaban J connectivity index is 1.84. The molecule has 0 aliphatic carbocycles. The fourth-order valence-corrected chi connectivity index (χ4v) is 1.79. The lowest BCUT2D eigenvalue weighted by molar-refractivity contribution is 0.0955. The Morgan fingerprint density at radius 1 is 1.22 bits per heavy atom. The van der Waals surface area contributed by atoms with Gasteiger partial charge >= 0.3 is 0 Å². The fraction of sp³-hybridized carbons (Fsp3) is 0.278. The highest BCUT2D eigenvalue weighted by molar-refractivity contribution is 5.94. The molecule has 2 aromatic rings. The summed E-state index contributed by atoms with van der Waals surface area (Å²) in [6, 6.07) is 10.6. The van der Waals surface area contributed by atoms with Gasteiger partial charge in [-0.1, -0.05) is 13.8 Å². The number of hydrogen-bond acceptors (Lipinski definition) is 4. The number of rotatable bonds is 7. The molecule has 0 saturated carbocycles. The molecule has 0 atom stereocenters. The van der Waals surface area contributed by atoms with E-state index < -0.39 is 0 Å².